The van der Waals surface area contributed by atoms with Crippen LogP contribution in [-0.4, -0.2) is 53.2 Å². The Morgan fingerprint density at radius 2 is 2.03 bits per heavy atom. The van der Waals surface area contributed by atoms with Crippen molar-refractivity contribution in [2.45, 2.75) is 31.5 Å². The molecule has 0 aliphatic carbocycles. The molecule has 2 heterocycles. The lowest BCUT2D eigenvalue weighted by atomic mass is 10.0. The van der Waals surface area contributed by atoms with Gasteiger partial charge in [-0.3, -0.25) is 15.1 Å². The van der Waals surface area contributed by atoms with E-state index in [-0.39, 0.29) is 30.9 Å². The molecule has 4 rings (SSSR count). The SMILES string of the molecule is N#CNC(=NCCc1cccc(C(F)(F)F)c1)N1CC(N2CCCC2=O)C(c2ccc(Cl)cc2)=N1. The molecule has 35 heavy (non-hydrogen) atoms. The molecule has 7 nitrogen and oxygen atoms in total. The second kappa shape index (κ2) is 10.4. The van der Waals surface area contributed by atoms with E-state index in [9.17, 15) is 23.2 Å². The van der Waals surface area contributed by atoms with Crippen LogP contribution in [0.25, 0.3) is 0 Å². The highest BCUT2D eigenvalue weighted by molar-refractivity contribution is 6.30. The van der Waals surface area contributed by atoms with E-state index in [1.807, 2.05) is 18.3 Å². The van der Waals surface area contributed by atoms with E-state index >= 15 is 0 Å². The van der Waals surface area contributed by atoms with Crippen molar-refractivity contribution >= 4 is 29.2 Å². The Hall–Kier alpha value is -3.58. The Kier molecular flexibility index (Phi) is 7.26. The molecule has 182 valence electrons. The smallest absolute Gasteiger partial charge is 0.332 e. The number of hydrazone groups is 1. The number of guanidine groups is 1. The summed E-state index contributed by atoms with van der Waals surface area (Å²) in [7, 11) is 0. The van der Waals surface area contributed by atoms with E-state index < -0.39 is 11.7 Å². The molecule has 1 unspecified atom stereocenters. The van der Waals surface area contributed by atoms with Crippen LogP contribution in [0, 0.1) is 11.5 Å². The zero-order valence-corrected chi connectivity index (χ0v) is 19.4. The van der Waals surface area contributed by atoms with E-state index in [2.05, 4.69) is 15.4 Å². The fourth-order valence-electron chi connectivity index (χ4n) is 4.17. The Labute approximate surface area is 205 Å². The van der Waals surface area contributed by atoms with Crippen LogP contribution in [0.1, 0.15) is 29.5 Å². The molecule has 1 atom stereocenters. The van der Waals surface area contributed by atoms with Crippen LogP contribution in [-0.2, 0) is 17.4 Å². The number of likely N-dealkylation sites (tertiary alicyclic amines) is 1. The molecule has 2 aromatic rings. The van der Waals surface area contributed by atoms with Crippen LogP contribution in [0.3, 0.4) is 0 Å². The largest absolute Gasteiger partial charge is 0.416 e. The minimum Gasteiger partial charge on any atom is -0.332 e. The number of alkyl halides is 3. The van der Waals surface area contributed by atoms with Gasteiger partial charge in [-0.15, -0.1) is 0 Å². The molecular formula is C24H22ClF3N6O. The third-order valence-corrected chi connectivity index (χ3v) is 6.10. The van der Waals surface area contributed by atoms with Gasteiger partial charge in [-0.25, -0.2) is 5.01 Å². The van der Waals surface area contributed by atoms with Crippen LogP contribution in [0.5, 0.6) is 0 Å². The molecular weight excluding hydrogens is 481 g/mol. The summed E-state index contributed by atoms with van der Waals surface area (Å²) in [6.45, 7) is 1.04. The lowest BCUT2D eigenvalue weighted by molar-refractivity contribution is -0.137. The number of carbonyl (C=O) groups excluding carboxylic acids is 1. The molecule has 2 aliphatic heterocycles. The fourth-order valence-corrected chi connectivity index (χ4v) is 4.29. The lowest BCUT2D eigenvalue weighted by Gasteiger charge is -2.25. The van der Waals surface area contributed by atoms with E-state index in [0.29, 0.717) is 35.8 Å². The minimum absolute atomic E-state index is 0.0368. The highest BCUT2D eigenvalue weighted by atomic mass is 35.5. The molecule has 1 N–H and O–H groups in total. The summed E-state index contributed by atoms with van der Waals surface area (Å²) in [5.74, 6) is 0.204. The van der Waals surface area contributed by atoms with Gasteiger partial charge in [0.05, 0.1) is 23.9 Å². The summed E-state index contributed by atoms with van der Waals surface area (Å²) in [4.78, 5) is 18.7. The van der Waals surface area contributed by atoms with Gasteiger partial charge in [0, 0.05) is 30.1 Å². The van der Waals surface area contributed by atoms with E-state index in [0.717, 1.165) is 24.1 Å². The van der Waals surface area contributed by atoms with Crippen molar-refractivity contribution in [3.8, 4) is 6.19 Å². The normalized spacial score (nSPS) is 18.6. The highest BCUT2D eigenvalue weighted by Gasteiger charge is 2.38. The van der Waals surface area contributed by atoms with Gasteiger partial charge in [0.25, 0.3) is 0 Å². The van der Waals surface area contributed by atoms with Crippen molar-refractivity contribution in [1.29, 1.82) is 5.26 Å². The Bertz CT molecular complexity index is 1190. The summed E-state index contributed by atoms with van der Waals surface area (Å²) in [6, 6.07) is 11.9. The number of rotatable bonds is 5. The predicted octanol–water partition coefficient (Wildman–Crippen LogP) is 4.04. The van der Waals surface area contributed by atoms with Crippen LogP contribution < -0.4 is 5.32 Å². The van der Waals surface area contributed by atoms with Crippen molar-refractivity contribution in [3.05, 3.63) is 70.2 Å². The van der Waals surface area contributed by atoms with Crippen LogP contribution >= 0.6 is 11.6 Å². The number of hydrogen-bond acceptors (Lipinski definition) is 4. The van der Waals surface area contributed by atoms with Crippen molar-refractivity contribution in [3.63, 3.8) is 0 Å². The summed E-state index contributed by atoms with van der Waals surface area (Å²) in [5.41, 5.74) is 1.21. The molecule has 2 aromatic carbocycles. The zero-order valence-electron chi connectivity index (χ0n) is 18.6. The van der Waals surface area contributed by atoms with Gasteiger partial charge in [0.2, 0.25) is 11.9 Å². The number of halogens is 4. The first-order valence-electron chi connectivity index (χ1n) is 11.0. The third-order valence-electron chi connectivity index (χ3n) is 5.84. The number of hydrogen-bond donors (Lipinski definition) is 1. The summed E-state index contributed by atoms with van der Waals surface area (Å²) in [6.07, 6.45) is -1.10. The number of amides is 1. The first kappa shape index (κ1) is 24.5. The first-order chi connectivity index (χ1) is 16.8. The number of nitriles is 1. The molecule has 0 aromatic heterocycles. The predicted molar refractivity (Wildman–Crippen MR) is 126 cm³/mol. The maximum absolute atomic E-state index is 13.0. The van der Waals surface area contributed by atoms with Gasteiger partial charge in [-0.2, -0.15) is 23.5 Å². The number of aliphatic imine (C=N–C) groups is 1. The first-order valence-corrected chi connectivity index (χ1v) is 11.4. The van der Waals surface area contributed by atoms with Gasteiger partial charge >= 0.3 is 6.18 Å². The maximum atomic E-state index is 13.0. The van der Waals surface area contributed by atoms with Crippen LogP contribution in [0.15, 0.2) is 58.6 Å². The summed E-state index contributed by atoms with van der Waals surface area (Å²) < 4.78 is 39.0. The van der Waals surface area contributed by atoms with E-state index in [1.54, 1.807) is 23.1 Å². The van der Waals surface area contributed by atoms with Gasteiger partial charge in [-0.1, -0.05) is 41.9 Å². The van der Waals surface area contributed by atoms with Crippen LogP contribution in [0.4, 0.5) is 13.2 Å². The highest BCUT2D eigenvalue weighted by Crippen LogP contribution is 2.29. The average Bonchev–Trinajstić information content (AvgIpc) is 3.45. The summed E-state index contributed by atoms with van der Waals surface area (Å²) >= 11 is 6.03. The van der Waals surface area contributed by atoms with Gasteiger partial charge in [0.15, 0.2) is 6.19 Å². The lowest BCUT2D eigenvalue weighted by Crippen LogP contribution is -2.45. The number of carbonyl (C=O) groups is 1. The molecule has 1 fully saturated rings. The van der Waals surface area contributed by atoms with Crippen molar-refractivity contribution in [2.75, 3.05) is 19.6 Å². The van der Waals surface area contributed by atoms with Crippen LogP contribution in [0.2, 0.25) is 5.02 Å². The van der Waals surface area contributed by atoms with Crippen molar-refractivity contribution in [1.82, 2.24) is 15.2 Å². The van der Waals surface area contributed by atoms with Gasteiger partial charge < -0.3 is 4.90 Å². The third kappa shape index (κ3) is 5.74. The topological polar surface area (TPSA) is 84.1 Å². The second-order valence-corrected chi connectivity index (χ2v) is 8.61. The number of nitrogens with one attached hydrogen (secondary N) is 1. The molecule has 0 spiro atoms. The molecule has 2 aliphatic rings. The monoisotopic (exact) mass is 502 g/mol. The molecule has 11 heteroatoms. The molecule has 0 radical (unpaired) electrons. The maximum Gasteiger partial charge on any atom is 0.416 e. The van der Waals surface area contributed by atoms with Crippen molar-refractivity contribution < 1.29 is 18.0 Å². The molecule has 1 amide bonds. The quantitative estimate of drug-likeness (QED) is 0.289. The van der Waals surface area contributed by atoms with Gasteiger partial charge in [0.1, 0.15) is 0 Å². The van der Waals surface area contributed by atoms with E-state index in [4.69, 9.17) is 11.6 Å². The Morgan fingerprint density at radius 3 is 2.69 bits per heavy atom. The standard InChI is InChI=1S/C24H22ClF3N6O/c25-19-8-6-17(7-9-19)22-20(33-12-2-5-21(33)35)14-34(32-22)23(31-15-29)30-11-10-16-3-1-4-18(13-16)24(26,27)28/h1,3-4,6-9,13,20H,2,5,10-12,14H2,(H,30,31). The average molecular weight is 503 g/mol. The number of benzene rings is 2. The summed E-state index contributed by atoms with van der Waals surface area (Å²) in [5, 5.41) is 18.5. The zero-order chi connectivity index (χ0) is 25.0. The van der Waals surface area contributed by atoms with E-state index in [1.165, 1.54) is 11.1 Å². The second-order valence-electron chi connectivity index (χ2n) is 8.17. The van der Waals surface area contributed by atoms with Gasteiger partial charge in [-0.05, 0) is 36.6 Å². The Balaban J connectivity index is 1.56. The molecule has 0 bridgehead atoms. The molecule has 0 saturated carbocycles. The number of nitrogens with zero attached hydrogens (tertiary/aromatic N) is 5. The molecule has 1 saturated heterocycles. The Morgan fingerprint density at radius 1 is 1.26 bits per heavy atom. The minimum atomic E-state index is -4.42. The van der Waals surface area contributed by atoms with Crippen molar-refractivity contribution in [2.24, 2.45) is 10.1 Å². The fraction of sp³-hybridized carbons (Fsp3) is 0.333.